The lowest BCUT2D eigenvalue weighted by molar-refractivity contribution is 1.48. The number of hydrogen-bond donors (Lipinski definition) is 1. The van der Waals surface area contributed by atoms with Crippen molar-refractivity contribution in [2.24, 2.45) is 0 Å². The van der Waals surface area contributed by atoms with Crippen molar-refractivity contribution in [3.63, 3.8) is 0 Å². The fraction of sp³-hybridized carbons (Fsp3) is 0. The van der Waals surface area contributed by atoms with Crippen LogP contribution in [0.2, 0.25) is 5.02 Å². The Morgan fingerprint density at radius 3 is 3.00 bits per heavy atom. The molecule has 0 saturated heterocycles. The van der Waals surface area contributed by atoms with E-state index in [2.05, 4.69) is 20.9 Å². The topological polar surface area (TPSA) is 38.9 Å². The highest BCUT2D eigenvalue weighted by Crippen LogP contribution is 2.32. The van der Waals surface area contributed by atoms with E-state index < -0.39 is 0 Å². The van der Waals surface area contributed by atoms with Crippen LogP contribution in [0.1, 0.15) is 0 Å². The van der Waals surface area contributed by atoms with E-state index in [1.54, 1.807) is 0 Å². The van der Waals surface area contributed by atoms with Crippen molar-refractivity contribution in [3.8, 4) is 0 Å². The molecule has 1 aromatic carbocycles. The fourth-order valence-electron chi connectivity index (χ4n) is 0.974. The average Bonchev–Trinajstić information content (AvgIpc) is 2.29. The van der Waals surface area contributed by atoms with Gasteiger partial charge in [0.05, 0.1) is 10.2 Å². The van der Waals surface area contributed by atoms with Crippen molar-refractivity contribution in [2.75, 3.05) is 5.73 Å². The third-order valence-electron chi connectivity index (χ3n) is 1.43. The molecule has 5 heteroatoms. The van der Waals surface area contributed by atoms with Crippen LogP contribution in [0.15, 0.2) is 16.6 Å². The van der Waals surface area contributed by atoms with Gasteiger partial charge < -0.3 is 5.73 Å². The Balaban J connectivity index is 2.88. The SMILES string of the molecule is Nc1nc2c(Br)cc(Cl)cc2s1. The van der Waals surface area contributed by atoms with Gasteiger partial charge in [0.25, 0.3) is 0 Å². The summed E-state index contributed by atoms with van der Waals surface area (Å²) in [7, 11) is 0. The number of nitrogen functional groups attached to an aromatic ring is 1. The molecule has 0 radical (unpaired) electrons. The molecule has 62 valence electrons. The van der Waals surface area contributed by atoms with Crippen molar-refractivity contribution in [1.82, 2.24) is 4.98 Å². The number of benzene rings is 1. The molecule has 0 atom stereocenters. The molecule has 0 saturated carbocycles. The minimum Gasteiger partial charge on any atom is -0.375 e. The van der Waals surface area contributed by atoms with E-state index >= 15 is 0 Å². The van der Waals surface area contributed by atoms with E-state index in [1.807, 2.05) is 12.1 Å². The Bertz CT molecular complexity index is 440. The molecule has 2 N–H and O–H groups in total. The summed E-state index contributed by atoms with van der Waals surface area (Å²) < 4.78 is 1.89. The molecule has 0 aliphatic heterocycles. The third-order valence-corrected chi connectivity index (χ3v) is 3.08. The Hall–Kier alpha value is -0.320. The normalized spacial score (nSPS) is 10.8. The van der Waals surface area contributed by atoms with Gasteiger partial charge in [0.1, 0.15) is 0 Å². The summed E-state index contributed by atoms with van der Waals surface area (Å²) >= 11 is 10.6. The summed E-state index contributed by atoms with van der Waals surface area (Å²) in [6.07, 6.45) is 0. The van der Waals surface area contributed by atoms with Gasteiger partial charge in [-0.15, -0.1) is 0 Å². The molecular formula is C7H4BrClN2S. The summed E-state index contributed by atoms with van der Waals surface area (Å²) in [6.45, 7) is 0. The largest absolute Gasteiger partial charge is 0.375 e. The molecule has 1 heterocycles. The third kappa shape index (κ3) is 1.30. The molecule has 0 fully saturated rings. The maximum Gasteiger partial charge on any atom is 0.181 e. The Morgan fingerprint density at radius 1 is 1.50 bits per heavy atom. The molecule has 1 aromatic heterocycles. The van der Waals surface area contributed by atoms with Gasteiger partial charge in [0, 0.05) is 9.50 Å². The second kappa shape index (κ2) is 2.87. The highest BCUT2D eigenvalue weighted by atomic mass is 79.9. The van der Waals surface area contributed by atoms with E-state index in [0.717, 1.165) is 14.7 Å². The highest BCUT2D eigenvalue weighted by Gasteiger charge is 2.05. The van der Waals surface area contributed by atoms with Crippen LogP contribution < -0.4 is 5.73 Å². The number of hydrogen-bond acceptors (Lipinski definition) is 3. The van der Waals surface area contributed by atoms with Crippen LogP contribution in [0.4, 0.5) is 5.13 Å². The average molecular weight is 264 g/mol. The molecule has 12 heavy (non-hydrogen) atoms. The zero-order valence-electron chi connectivity index (χ0n) is 5.84. The van der Waals surface area contributed by atoms with E-state index in [4.69, 9.17) is 17.3 Å². The van der Waals surface area contributed by atoms with Gasteiger partial charge >= 0.3 is 0 Å². The molecule has 0 aliphatic rings. The number of thiazole rings is 1. The zero-order valence-corrected chi connectivity index (χ0v) is 9.00. The highest BCUT2D eigenvalue weighted by molar-refractivity contribution is 9.10. The van der Waals surface area contributed by atoms with E-state index in [-0.39, 0.29) is 0 Å². The summed E-state index contributed by atoms with van der Waals surface area (Å²) in [5, 5.41) is 1.26. The molecule has 2 rings (SSSR count). The van der Waals surface area contributed by atoms with Crippen LogP contribution in [-0.4, -0.2) is 4.98 Å². The molecule has 0 bridgehead atoms. The van der Waals surface area contributed by atoms with E-state index in [9.17, 15) is 0 Å². The Morgan fingerprint density at radius 2 is 2.25 bits per heavy atom. The van der Waals surface area contributed by atoms with Gasteiger partial charge in [0.2, 0.25) is 0 Å². The minimum atomic E-state index is 0.563. The lowest BCUT2D eigenvalue weighted by Gasteiger charge is -1.92. The van der Waals surface area contributed by atoms with Crippen LogP contribution in [0.25, 0.3) is 10.2 Å². The van der Waals surface area contributed by atoms with Crippen molar-refractivity contribution < 1.29 is 0 Å². The predicted molar refractivity (Wildman–Crippen MR) is 56.7 cm³/mol. The van der Waals surface area contributed by atoms with Crippen LogP contribution in [0, 0.1) is 0 Å². The van der Waals surface area contributed by atoms with Crippen LogP contribution in [0.3, 0.4) is 0 Å². The van der Waals surface area contributed by atoms with Crippen molar-refractivity contribution in [3.05, 3.63) is 21.6 Å². The molecule has 0 spiro atoms. The van der Waals surface area contributed by atoms with Crippen molar-refractivity contribution >= 4 is 54.2 Å². The lowest BCUT2D eigenvalue weighted by Crippen LogP contribution is -1.79. The number of halogens is 2. The second-order valence-corrected chi connectivity index (χ2v) is 4.64. The smallest absolute Gasteiger partial charge is 0.181 e. The molecule has 2 aromatic rings. The molecule has 2 nitrogen and oxygen atoms in total. The quantitative estimate of drug-likeness (QED) is 0.792. The monoisotopic (exact) mass is 262 g/mol. The maximum atomic E-state index is 5.84. The predicted octanol–water partition coefficient (Wildman–Crippen LogP) is 3.29. The first-order valence-corrected chi connectivity index (χ1v) is 5.16. The summed E-state index contributed by atoms with van der Waals surface area (Å²) in [6, 6.07) is 3.67. The lowest BCUT2D eigenvalue weighted by atomic mass is 10.3. The number of fused-ring (bicyclic) bond motifs is 1. The van der Waals surface area contributed by atoms with Gasteiger partial charge in [-0.25, -0.2) is 4.98 Å². The summed E-state index contributed by atoms with van der Waals surface area (Å²) in [5.41, 5.74) is 6.43. The van der Waals surface area contributed by atoms with Gasteiger partial charge in [-0.1, -0.05) is 22.9 Å². The molecule has 0 aliphatic carbocycles. The van der Waals surface area contributed by atoms with Crippen molar-refractivity contribution in [2.45, 2.75) is 0 Å². The first-order valence-electron chi connectivity index (χ1n) is 3.18. The van der Waals surface area contributed by atoms with Gasteiger partial charge in [-0.05, 0) is 28.1 Å². The maximum absolute atomic E-state index is 5.84. The van der Waals surface area contributed by atoms with Gasteiger partial charge in [-0.3, -0.25) is 0 Å². The molecular weight excluding hydrogens is 260 g/mol. The van der Waals surface area contributed by atoms with E-state index in [0.29, 0.717) is 10.2 Å². The van der Waals surface area contributed by atoms with Crippen molar-refractivity contribution in [1.29, 1.82) is 0 Å². The minimum absolute atomic E-state index is 0.563. The number of anilines is 1. The first-order chi connectivity index (χ1) is 5.66. The number of rotatable bonds is 0. The van der Waals surface area contributed by atoms with Gasteiger partial charge in [-0.2, -0.15) is 0 Å². The zero-order chi connectivity index (χ0) is 8.72. The van der Waals surface area contributed by atoms with E-state index in [1.165, 1.54) is 11.3 Å². The van der Waals surface area contributed by atoms with Crippen LogP contribution >= 0.6 is 38.9 Å². The first kappa shape index (κ1) is 8.29. The Kier molecular flexibility index (Phi) is 1.98. The number of nitrogens with zero attached hydrogens (tertiary/aromatic N) is 1. The van der Waals surface area contributed by atoms with Gasteiger partial charge in [0.15, 0.2) is 5.13 Å². The summed E-state index contributed by atoms with van der Waals surface area (Å²) in [4.78, 5) is 4.14. The number of nitrogens with two attached hydrogens (primary N) is 1. The van der Waals surface area contributed by atoms with Crippen LogP contribution in [-0.2, 0) is 0 Å². The standard InChI is InChI=1S/C7H4BrClN2S/c8-4-1-3(9)2-5-6(4)11-7(10)12-5/h1-2H,(H2,10,11). The molecule has 0 unspecified atom stereocenters. The Labute approximate surface area is 86.5 Å². The summed E-state index contributed by atoms with van der Waals surface area (Å²) in [5.74, 6) is 0. The molecule has 0 amide bonds. The fourth-order valence-corrected chi connectivity index (χ4v) is 2.87. The van der Waals surface area contributed by atoms with Crippen LogP contribution in [0.5, 0.6) is 0 Å². The number of aromatic nitrogens is 1. The second-order valence-electron chi connectivity index (χ2n) is 2.29.